The van der Waals surface area contributed by atoms with Crippen molar-refractivity contribution >= 4 is 11.9 Å². The second-order valence-electron chi connectivity index (χ2n) is 12.8. The van der Waals surface area contributed by atoms with E-state index in [1.807, 2.05) is 6.07 Å². The number of fused-ring (bicyclic) bond motifs is 5. The Morgan fingerprint density at radius 3 is 2.51 bits per heavy atom. The van der Waals surface area contributed by atoms with Gasteiger partial charge in [-0.15, -0.1) is 0 Å². The van der Waals surface area contributed by atoms with Gasteiger partial charge in [0.25, 0.3) is 0 Å². The van der Waals surface area contributed by atoms with Crippen molar-refractivity contribution in [2.45, 2.75) is 115 Å². The summed E-state index contributed by atoms with van der Waals surface area (Å²) in [7, 11) is 0. The van der Waals surface area contributed by atoms with Crippen LogP contribution in [0, 0.1) is 28.6 Å². The zero-order valence-electron chi connectivity index (χ0n) is 22.2. The molecular formula is C30H42O7. The summed E-state index contributed by atoms with van der Waals surface area (Å²) in [4.78, 5) is 34.6. The van der Waals surface area contributed by atoms with Gasteiger partial charge in [-0.05, 0) is 111 Å². The Kier molecular flexibility index (Phi) is 7.05. The molecule has 1 heterocycles. The minimum Gasteiger partial charge on any atom is -0.481 e. The Labute approximate surface area is 219 Å². The number of hydrogen-bond acceptors (Lipinski definition) is 6. The molecule has 4 fully saturated rings. The molecule has 0 aliphatic heterocycles. The monoisotopic (exact) mass is 514 g/mol. The fourth-order valence-corrected chi connectivity index (χ4v) is 9.18. The minimum atomic E-state index is -0.829. The molecule has 8 atom stereocenters. The van der Waals surface area contributed by atoms with Crippen LogP contribution < -0.4 is 5.63 Å². The molecule has 0 radical (unpaired) electrons. The summed E-state index contributed by atoms with van der Waals surface area (Å²) in [5, 5.41) is 21.1. The van der Waals surface area contributed by atoms with Crippen LogP contribution in [0.3, 0.4) is 0 Å². The lowest BCUT2D eigenvalue weighted by Gasteiger charge is -2.63. The van der Waals surface area contributed by atoms with Gasteiger partial charge < -0.3 is 19.4 Å². The number of hydrogen-bond donors (Lipinski definition) is 2. The molecule has 1 aromatic heterocycles. The molecule has 0 aromatic carbocycles. The third-order valence-corrected chi connectivity index (χ3v) is 11.2. The highest BCUT2D eigenvalue weighted by atomic mass is 16.5. The van der Waals surface area contributed by atoms with E-state index in [2.05, 4.69) is 13.8 Å². The number of ether oxygens (including phenoxy) is 1. The van der Waals surface area contributed by atoms with E-state index in [1.165, 1.54) is 6.07 Å². The van der Waals surface area contributed by atoms with Gasteiger partial charge in [0.2, 0.25) is 0 Å². The third-order valence-electron chi connectivity index (χ3n) is 11.2. The lowest BCUT2D eigenvalue weighted by molar-refractivity contribution is -0.207. The highest BCUT2D eigenvalue weighted by Crippen LogP contribution is 2.70. The molecule has 4 aliphatic carbocycles. The smallest absolute Gasteiger partial charge is 0.335 e. The predicted molar refractivity (Wildman–Crippen MR) is 137 cm³/mol. The van der Waals surface area contributed by atoms with Crippen LogP contribution in [0.5, 0.6) is 0 Å². The second-order valence-corrected chi connectivity index (χ2v) is 12.8. The Balaban J connectivity index is 1.24. The number of aliphatic hydroxyl groups is 1. The fourth-order valence-electron chi connectivity index (χ4n) is 9.18. The van der Waals surface area contributed by atoms with Crippen LogP contribution in [0.15, 0.2) is 27.6 Å². The molecule has 0 saturated heterocycles. The third kappa shape index (κ3) is 4.55. The lowest BCUT2D eigenvalue weighted by atomic mass is 9.43. The number of carbonyl (C=O) groups is 2. The fraction of sp³-hybridized carbons (Fsp3) is 0.767. The van der Waals surface area contributed by atoms with Gasteiger partial charge in [-0.3, -0.25) is 9.59 Å². The Morgan fingerprint density at radius 2 is 1.78 bits per heavy atom. The van der Waals surface area contributed by atoms with Crippen LogP contribution in [-0.2, 0) is 14.3 Å². The molecule has 0 bridgehead atoms. The Bertz CT molecular complexity index is 1060. The van der Waals surface area contributed by atoms with Gasteiger partial charge in [-0.1, -0.05) is 13.8 Å². The molecule has 0 spiro atoms. The van der Waals surface area contributed by atoms with E-state index in [9.17, 15) is 19.5 Å². The summed E-state index contributed by atoms with van der Waals surface area (Å²) in [5.74, 6) is 0.375. The molecule has 37 heavy (non-hydrogen) atoms. The number of unbranched alkanes of at least 4 members (excludes halogenated alkanes) is 1. The van der Waals surface area contributed by atoms with E-state index in [1.54, 1.807) is 6.26 Å². The van der Waals surface area contributed by atoms with Crippen molar-refractivity contribution in [3.8, 4) is 0 Å². The molecule has 7 nitrogen and oxygen atoms in total. The number of carbonyl (C=O) groups excluding carboxylic acids is 1. The number of esters is 1. The van der Waals surface area contributed by atoms with E-state index in [0.717, 1.165) is 63.4 Å². The maximum absolute atomic E-state index is 12.4. The largest absolute Gasteiger partial charge is 0.481 e. The SMILES string of the molecule is C[C@]12CC[C@H](OC(=O)CCCCC(=O)O)C[C@H]1CC[C@@H]1[C@@H]2CC[C@]2(C)[C@@H](c3ccc(=O)oc3)CC[C@]12O. The molecular weight excluding hydrogens is 472 g/mol. The first-order chi connectivity index (χ1) is 17.6. The van der Waals surface area contributed by atoms with Gasteiger partial charge in [0, 0.05) is 24.3 Å². The van der Waals surface area contributed by atoms with Gasteiger partial charge >= 0.3 is 17.6 Å². The molecule has 2 N–H and O–H groups in total. The number of aliphatic carboxylic acids is 1. The molecule has 0 amide bonds. The van der Waals surface area contributed by atoms with Gasteiger partial charge in [-0.25, -0.2) is 4.79 Å². The van der Waals surface area contributed by atoms with Crippen molar-refractivity contribution in [2.75, 3.05) is 0 Å². The van der Waals surface area contributed by atoms with E-state index in [4.69, 9.17) is 14.3 Å². The Hall–Kier alpha value is -2.15. The minimum absolute atomic E-state index is 0.0536. The summed E-state index contributed by atoms with van der Waals surface area (Å²) < 4.78 is 11.0. The first-order valence-electron chi connectivity index (χ1n) is 14.3. The number of carboxylic acid groups (broad SMARTS) is 1. The van der Waals surface area contributed by atoms with Gasteiger partial charge in [-0.2, -0.15) is 0 Å². The highest BCUT2D eigenvalue weighted by molar-refractivity contribution is 5.70. The van der Waals surface area contributed by atoms with Crippen LogP contribution in [-0.4, -0.2) is 33.9 Å². The summed E-state index contributed by atoms with van der Waals surface area (Å²) in [5.41, 5.74) is -0.116. The average Bonchev–Trinajstić information content (AvgIpc) is 3.14. The number of rotatable bonds is 7. The summed E-state index contributed by atoms with van der Waals surface area (Å²) in [6.07, 6.45) is 11.5. The van der Waals surface area contributed by atoms with Crippen LogP contribution in [0.2, 0.25) is 0 Å². The van der Waals surface area contributed by atoms with Crippen molar-refractivity contribution in [2.24, 2.45) is 28.6 Å². The standard InChI is InChI=1S/C30H42O7/c1-28-14-11-21(37-27(34)6-4-3-5-25(31)32)17-20(28)8-9-24-23(28)12-15-29(2)22(13-16-30(24,29)35)19-7-10-26(33)36-18-19/h7,10,18,20-24,35H,3-6,8-9,11-17H2,1-2H3,(H,31,32)/t20-,21+,22-,23+,24-,28+,29-,30+/m1/s1. The van der Waals surface area contributed by atoms with Crippen molar-refractivity contribution in [3.05, 3.63) is 34.4 Å². The van der Waals surface area contributed by atoms with Gasteiger partial charge in [0.05, 0.1) is 11.9 Å². The molecule has 7 heteroatoms. The predicted octanol–water partition coefficient (Wildman–Crippen LogP) is 5.44. The molecule has 1 aromatic rings. The van der Waals surface area contributed by atoms with Crippen molar-refractivity contribution in [1.82, 2.24) is 0 Å². The first kappa shape index (κ1) is 26.5. The average molecular weight is 515 g/mol. The normalized spacial score (nSPS) is 40.8. The molecule has 5 rings (SSSR count). The van der Waals surface area contributed by atoms with Crippen molar-refractivity contribution in [1.29, 1.82) is 0 Å². The zero-order valence-corrected chi connectivity index (χ0v) is 22.2. The molecule has 4 saturated carbocycles. The quantitative estimate of drug-likeness (QED) is 0.368. The van der Waals surface area contributed by atoms with Gasteiger partial charge in [0.15, 0.2) is 0 Å². The van der Waals surface area contributed by atoms with E-state index >= 15 is 0 Å². The first-order valence-corrected chi connectivity index (χ1v) is 14.3. The molecule has 4 aliphatic rings. The van der Waals surface area contributed by atoms with Crippen molar-refractivity contribution in [3.63, 3.8) is 0 Å². The van der Waals surface area contributed by atoms with Crippen LogP contribution in [0.25, 0.3) is 0 Å². The van der Waals surface area contributed by atoms with Crippen molar-refractivity contribution < 1.29 is 29.0 Å². The molecule has 0 unspecified atom stereocenters. The number of carboxylic acids is 1. The maximum atomic E-state index is 12.4. The van der Waals surface area contributed by atoms with Crippen LogP contribution >= 0.6 is 0 Å². The van der Waals surface area contributed by atoms with E-state index in [0.29, 0.717) is 24.7 Å². The van der Waals surface area contributed by atoms with Crippen LogP contribution in [0.1, 0.15) is 109 Å². The summed E-state index contributed by atoms with van der Waals surface area (Å²) in [6.45, 7) is 4.68. The van der Waals surface area contributed by atoms with Crippen LogP contribution in [0.4, 0.5) is 0 Å². The zero-order chi connectivity index (χ0) is 26.4. The highest BCUT2D eigenvalue weighted by Gasteiger charge is 2.67. The van der Waals surface area contributed by atoms with E-state index < -0.39 is 11.6 Å². The summed E-state index contributed by atoms with van der Waals surface area (Å²) >= 11 is 0. The molecule has 204 valence electrons. The topological polar surface area (TPSA) is 114 Å². The second kappa shape index (κ2) is 9.87. The Morgan fingerprint density at radius 1 is 1.00 bits per heavy atom. The van der Waals surface area contributed by atoms with Gasteiger partial charge in [0.1, 0.15) is 6.10 Å². The van der Waals surface area contributed by atoms with E-state index in [-0.39, 0.29) is 53.2 Å². The summed E-state index contributed by atoms with van der Waals surface area (Å²) in [6, 6.07) is 3.38. The maximum Gasteiger partial charge on any atom is 0.335 e. The lowest BCUT2D eigenvalue weighted by Crippen LogP contribution is -2.62.